The van der Waals surface area contributed by atoms with Gasteiger partial charge in [-0.05, 0) is 55.7 Å². The first-order valence-corrected chi connectivity index (χ1v) is 17.0. The number of unbranched alkanes of at least 4 members (excludes halogenated alkanes) is 4. The van der Waals surface area contributed by atoms with Gasteiger partial charge in [-0.1, -0.05) is 74.7 Å². The first-order valence-electron chi connectivity index (χ1n) is 16.0. The molecule has 0 spiro atoms. The zero-order valence-electron chi connectivity index (χ0n) is 27.0. The van der Waals surface area contributed by atoms with Gasteiger partial charge < -0.3 is 25.8 Å². The number of aromatic nitrogens is 1. The van der Waals surface area contributed by atoms with Crippen LogP contribution in [0, 0.1) is 0 Å². The van der Waals surface area contributed by atoms with Crippen LogP contribution in [-0.2, 0) is 36.9 Å². The lowest BCUT2D eigenvalue weighted by Gasteiger charge is -2.22. The van der Waals surface area contributed by atoms with E-state index in [9.17, 15) is 29.1 Å². The summed E-state index contributed by atoms with van der Waals surface area (Å²) in [6.45, 7) is 3.75. The topological polar surface area (TPSA) is 164 Å². The zero-order valence-corrected chi connectivity index (χ0v) is 27.8. The summed E-state index contributed by atoms with van der Waals surface area (Å²) in [4.78, 5) is 69.2. The average molecular weight is 665 g/mol. The number of thioether (sulfide) groups is 1. The number of esters is 1. The van der Waals surface area contributed by atoms with Gasteiger partial charge in [0.05, 0.1) is 18.7 Å². The molecule has 1 aromatic heterocycles. The van der Waals surface area contributed by atoms with Crippen LogP contribution in [0.25, 0.3) is 0 Å². The highest BCUT2D eigenvalue weighted by Crippen LogP contribution is 2.16. The number of carbonyl (C=O) groups is 5. The fraction of sp³-hybridized carbons (Fsp3) is 0.429. The molecule has 252 valence electrons. The molecule has 1 aliphatic rings. The molecule has 1 aliphatic heterocycles. The van der Waals surface area contributed by atoms with Gasteiger partial charge in [0.2, 0.25) is 5.91 Å². The minimum atomic E-state index is -1.20. The van der Waals surface area contributed by atoms with E-state index in [1.165, 1.54) is 42.5 Å². The third kappa shape index (κ3) is 13.4. The van der Waals surface area contributed by atoms with Crippen molar-refractivity contribution in [3.05, 3.63) is 83.3 Å². The smallest absolute Gasteiger partial charge is 0.329 e. The summed E-state index contributed by atoms with van der Waals surface area (Å²) < 4.78 is 5.78. The van der Waals surface area contributed by atoms with Gasteiger partial charge in [-0.25, -0.2) is 9.78 Å². The van der Waals surface area contributed by atoms with Crippen molar-refractivity contribution in [1.29, 1.82) is 0 Å². The third-order valence-corrected chi connectivity index (χ3v) is 8.26. The Bertz CT molecular complexity index is 1440. The molecule has 4 N–H and O–H groups in total. The van der Waals surface area contributed by atoms with E-state index < -0.39 is 35.8 Å². The zero-order chi connectivity index (χ0) is 34.0. The first kappa shape index (κ1) is 37.0. The highest BCUT2D eigenvalue weighted by molar-refractivity contribution is 8.13. The maximum atomic E-state index is 13.6. The number of pyridine rings is 1. The predicted octanol–water partition coefficient (Wildman–Crippen LogP) is 4.65. The molecule has 0 fully saturated rings. The van der Waals surface area contributed by atoms with E-state index in [4.69, 9.17) is 4.74 Å². The number of nitrogens with one attached hydrogen (secondary N) is 3. The van der Waals surface area contributed by atoms with Crippen molar-refractivity contribution in [1.82, 2.24) is 20.9 Å². The maximum Gasteiger partial charge on any atom is 0.329 e. The number of phenolic OH excluding ortho intramolecular Hbond substituents is 1. The van der Waals surface area contributed by atoms with E-state index in [0.29, 0.717) is 29.9 Å². The Labute approximate surface area is 280 Å². The van der Waals surface area contributed by atoms with E-state index in [2.05, 4.69) is 27.9 Å². The normalized spacial score (nSPS) is 18.8. The Morgan fingerprint density at radius 3 is 2.55 bits per heavy atom. The van der Waals surface area contributed by atoms with Crippen molar-refractivity contribution in [2.45, 2.75) is 90.3 Å². The average Bonchev–Trinajstić information content (AvgIpc) is 3.06. The monoisotopic (exact) mass is 664 g/mol. The lowest BCUT2D eigenvalue weighted by atomic mass is 10.1. The molecule has 12 heteroatoms. The van der Waals surface area contributed by atoms with Crippen LogP contribution in [0.3, 0.4) is 0 Å². The molecule has 2 atom stereocenters. The molecule has 0 aliphatic carbocycles. The number of aromatic hydroxyl groups is 1. The summed E-state index contributed by atoms with van der Waals surface area (Å²) in [7, 11) is 0. The summed E-state index contributed by atoms with van der Waals surface area (Å²) in [6, 6.07) is 9.71. The van der Waals surface area contributed by atoms with Crippen molar-refractivity contribution >= 4 is 40.6 Å². The summed E-state index contributed by atoms with van der Waals surface area (Å²) in [5.74, 6) is -1.97. The summed E-state index contributed by atoms with van der Waals surface area (Å²) in [6.07, 6.45) is 10.1. The Hall–Kier alpha value is -4.45. The molecular formula is C35H44N4O7S. The van der Waals surface area contributed by atoms with E-state index in [1.54, 1.807) is 43.3 Å². The highest BCUT2D eigenvalue weighted by atomic mass is 32.2. The SMILES string of the molecule is C/C=C1\NC(=O)c2cccc(n2)CNC(=O)C[C@@H](/C=C/CCSC(=O)CCCCCCC)OC(=O)[C@H](Cc2ccc(O)cc2)NC1=O. The number of hydrogen-bond acceptors (Lipinski definition) is 9. The maximum absolute atomic E-state index is 13.6. The molecule has 47 heavy (non-hydrogen) atoms. The van der Waals surface area contributed by atoms with Crippen molar-refractivity contribution in [2.24, 2.45) is 0 Å². The van der Waals surface area contributed by atoms with Crippen LogP contribution in [0.15, 0.2) is 66.4 Å². The van der Waals surface area contributed by atoms with Crippen molar-refractivity contribution in [3.8, 4) is 5.75 Å². The number of benzene rings is 1. The van der Waals surface area contributed by atoms with Crippen molar-refractivity contribution < 1.29 is 33.8 Å². The Morgan fingerprint density at radius 2 is 1.81 bits per heavy atom. The molecule has 2 aromatic rings. The second-order valence-electron chi connectivity index (χ2n) is 11.1. The van der Waals surface area contributed by atoms with Crippen LogP contribution in [0.2, 0.25) is 0 Å². The number of hydrogen-bond donors (Lipinski definition) is 4. The van der Waals surface area contributed by atoms with Crippen LogP contribution in [0.1, 0.15) is 87.0 Å². The number of amides is 3. The number of cyclic esters (lactones) is 1. The summed E-state index contributed by atoms with van der Waals surface area (Å²) in [5.41, 5.74) is 1.01. The summed E-state index contributed by atoms with van der Waals surface area (Å²) >= 11 is 1.27. The van der Waals surface area contributed by atoms with Crippen molar-refractivity contribution in [3.63, 3.8) is 0 Å². The van der Waals surface area contributed by atoms with E-state index >= 15 is 0 Å². The van der Waals surface area contributed by atoms with Gasteiger partial charge >= 0.3 is 5.97 Å². The van der Waals surface area contributed by atoms with Crippen LogP contribution in [0.4, 0.5) is 0 Å². The number of ether oxygens (including phenoxy) is 1. The van der Waals surface area contributed by atoms with E-state index in [1.807, 2.05) is 0 Å². The Morgan fingerprint density at radius 1 is 1.04 bits per heavy atom. The number of phenols is 1. The molecule has 2 bridgehead atoms. The molecule has 0 radical (unpaired) electrons. The van der Waals surface area contributed by atoms with Gasteiger partial charge in [-0.3, -0.25) is 19.2 Å². The predicted molar refractivity (Wildman–Crippen MR) is 180 cm³/mol. The molecule has 3 amide bonds. The van der Waals surface area contributed by atoms with Gasteiger partial charge in [0.15, 0.2) is 5.12 Å². The van der Waals surface area contributed by atoms with E-state index in [0.717, 1.165) is 25.7 Å². The molecule has 2 heterocycles. The molecule has 0 unspecified atom stereocenters. The Kier molecular flexibility index (Phi) is 15.7. The molecule has 0 saturated heterocycles. The van der Waals surface area contributed by atoms with Gasteiger partial charge in [0, 0.05) is 18.6 Å². The molecule has 3 rings (SSSR count). The third-order valence-electron chi connectivity index (χ3n) is 7.29. The minimum Gasteiger partial charge on any atom is -0.508 e. The highest BCUT2D eigenvalue weighted by Gasteiger charge is 2.28. The number of allylic oxidation sites excluding steroid dienone is 2. The van der Waals surface area contributed by atoms with Crippen LogP contribution >= 0.6 is 11.8 Å². The fourth-order valence-electron chi connectivity index (χ4n) is 4.71. The van der Waals surface area contributed by atoms with Crippen LogP contribution in [0.5, 0.6) is 5.75 Å². The van der Waals surface area contributed by atoms with Gasteiger partial charge in [-0.2, -0.15) is 0 Å². The van der Waals surface area contributed by atoms with Gasteiger partial charge in [0.25, 0.3) is 11.8 Å². The first-order chi connectivity index (χ1) is 22.7. The van der Waals surface area contributed by atoms with Gasteiger partial charge in [-0.15, -0.1) is 0 Å². The van der Waals surface area contributed by atoms with Gasteiger partial charge in [0.1, 0.15) is 29.3 Å². The number of rotatable bonds is 12. The number of carbonyl (C=O) groups excluding carboxylic acids is 5. The molecule has 1 aromatic carbocycles. The largest absolute Gasteiger partial charge is 0.508 e. The quantitative estimate of drug-likeness (QED) is 0.109. The second-order valence-corrected chi connectivity index (χ2v) is 12.3. The fourth-order valence-corrected chi connectivity index (χ4v) is 5.48. The number of nitrogens with zero attached hydrogens (tertiary/aromatic N) is 1. The van der Waals surface area contributed by atoms with Crippen LogP contribution in [-0.4, -0.2) is 56.8 Å². The summed E-state index contributed by atoms with van der Waals surface area (Å²) in [5, 5.41) is 17.8. The molecular weight excluding hydrogens is 620 g/mol. The molecule has 0 saturated carbocycles. The molecule has 11 nitrogen and oxygen atoms in total. The lowest BCUT2D eigenvalue weighted by Crippen LogP contribution is -2.47. The standard InChI is InChI=1S/C35H44N4O7S/c1-3-5-6-7-8-15-32(42)47-20-10-9-13-27-22-31(41)36-23-25-12-11-14-29(37-25)34(44)38-28(4-2)33(43)39-30(35(45)46-27)21-24-16-18-26(40)19-17-24/h4,9,11-14,16-19,27,30,40H,3,5-8,10,15,20-23H2,1-2H3,(H,36,41)(H,38,44)(H,39,43)/b13-9+,28-4-/t27-,30+/m1/s1. The Balaban J connectivity index is 1.78. The van der Waals surface area contributed by atoms with Crippen molar-refractivity contribution in [2.75, 3.05) is 5.75 Å². The van der Waals surface area contributed by atoms with Crippen LogP contribution < -0.4 is 16.0 Å². The lowest BCUT2D eigenvalue weighted by molar-refractivity contribution is -0.151. The second kappa shape index (κ2) is 19.9. The number of fused-ring (bicyclic) bond motifs is 2. The minimum absolute atomic E-state index is 0.0131. The van der Waals surface area contributed by atoms with E-state index in [-0.39, 0.29) is 41.6 Å².